The highest BCUT2D eigenvalue weighted by Gasteiger charge is 2.51. The molecule has 4 heteroatoms. The first-order valence-electron chi connectivity index (χ1n) is 9.25. The molecular weight excluding hydrogens is 276 g/mol. The lowest BCUT2D eigenvalue weighted by atomic mass is 9.53. The van der Waals surface area contributed by atoms with Crippen molar-refractivity contribution >= 4 is 6.03 Å². The summed E-state index contributed by atoms with van der Waals surface area (Å²) in [7, 11) is 1.79. The van der Waals surface area contributed by atoms with Crippen LogP contribution in [-0.2, 0) is 4.74 Å². The lowest BCUT2D eigenvalue weighted by Crippen LogP contribution is -2.62. The first-order valence-corrected chi connectivity index (χ1v) is 9.25. The fourth-order valence-corrected chi connectivity index (χ4v) is 6.17. The molecule has 5 saturated carbocycles. The molecule has 0 heterocycles. The Morgan fingerprint density at radius 1 is 0.955 bits per heavy atom. The highest BCUT2D eigenvalue weighted by atomic mass is 16.5. The van der Waals surface area contributed by atoms with Gasteiger partial charge < -0.3 is 15.4 Å². The third kappa shape index (κ3) is 2.86. The summed E-state index contributed by atoms with van der Waals surface area (Å²) in [4.78, 5) is 12.5. The van der Waals surface area contributed by atoms with Crippen LogP contribution in [0.4, 0.5) is 4.79 Å². The second-order valence-electron chi connectivity index (χ2n) is 8.51. The summed E-state index contributed by atoms with van der Waals surface area (Å²) in [5, 5.41) is 6.65. The molecule has 5 aliphatic carbocycles. The Kier molecular flexibility index (Phi) is 3.83. The zero-order chi connectivity index (χ0) is 15.2. The van der Waals surface area contributed by atoms with Gasteiger partial charge in [0.2, 0.25) is 0 Å². The summed E-state index contributed by atoms with van der Waals surface area (Å²) in [6, 6.07) is 0.420. The molecule has 0 aliphatic heterocycles. The molecule has 2 amide bonds. The van der Waals surface area contributed by atoms with Crippen LogP contribution in [0.5, 0.6) is 0 Å². The second kappa shape index (κ2) is 5.70. The highest BCUT2D eigenvalue weighted by Crippen LogP contribution is 2.55. The van der Waals surface area contributed by atoms with Crippen LogP contribution < -0.4 is 10.6 Å². The SMILES string of the molecule is COC1CCC(NC(=O)NC23CC4CC(CC(C4)C2)C3)CC1. The van der Waals surface area contributed by atoms with Gasteiger partial charge in [0, 0.05) is 18.7 Å². The van der Waals surface area contributed by atoms with Crippen molar-refractivity contribution in [2.24, 2.45) is 17.8 Å². The van der Waals surface area contributed by atoms with E-state index in [1.54, 1.807) is 7.11 Å². The summed E-state index contributed by atoms with van der Waals surface area (Å²) >= 11 is 0. The molecule has 5 fully saturated rings. The zero-order valence-corrected chi connectivity index (χ0v) is 13.8. The number of carbonyl (C=O) groups excluding carboxylic acids is 1. The molecule has 0 aromatic carbocycles. The Balaban J connectivity index is 1.31. The van der Waals surface area contributed by atoms with Crippen molar-refractivity contribution in [1.29, 1.82) is 0 Å². The Morgan fingerprint density at radius 2 is 1.50 bits per heavy atom. The number of nitrogens with one attached hydrogen (secondary N) is 2. The van der Waals surface area contributed by atoms with Crippen LogP contribution >= 0.6 is 0 Å². The van der Waals surface area contributed by atoms with E-state index in [4.69, 9.17) is 4.74 Å². The fourth-order valence-electron chi connectivity index (χ4n) is 6.17. The van der Waals surface area contributed by atoms with Crippen molar-refractivity contribution in [3.63, 3.8) is 0 Å². The number of hydrogen-bond donors (Lipinski definition) is 2. The molecule has 0 atom stereocenters. The predicted octanol–water partition coefficient (Wildman–Crippen LogP) is 3.21. The molecule has 5 rings (SSSR count). The first-order chi connectivity index (χ1) is 10.6. The van der Waals surface area contributed by atoms with Crippen LogP contribution in [0.2, 0.25) is 0 Å². The van der Waals surface area contributed by atoms with E-state index in [0.717, 1.165) is 43.4 Å². The number of carbonyl (C=O) groups is 1. The van der Waals surface area contributed by atoms with Crippen LogP contribution in [0.1, 0.15) is 64.2 Å². The lowest BCUT2D eigenvalue weighted by Gasteiger charge is -2.56. The predicted molar refractivity (Wildman–Crippen MR) is 85.6 cm³/mol. The number of urea groups is 1. The maximum atomic E-state index is 12.5. The number of amides is 2. The molecule has 0 aromatic rings. The number of hydrogen-bond acceptors (Lipinski definition) is 2. The van der Waals surface area contributed by atoms with Crippen molar-refractivity contribution in [3.8, 4) is 0 Å². The average molecular weight is 306 g/mol. The Labute approximate surface area is 133 Å². The van der Waals surface area contributed by atoms with Crippen molar-refractivity contribution in [2.45, 2.75) is 81.9 Å². The quantitative estimate of drug-likeness (QED) is 0.841. The molecular formula is C18H30N2O2. The van der Waals surface area contributed by atoms with Gasteiger partial charge in [-0.25, -0.2) is 4.79 Å². The molecule has 2 N–H and O–H groups in total. The van der Waals surface area contributed by atoms with Crippen molar-refractivity contribution < 1.29 is 9.53 Å². The first kappa shape index (κ1) is 14.8. The van der Waals surface area contributed by atoms with Crippen LogP contribution in [0.15, 0.2) is 0 Å². The molecule has 5 aliphatic rings. The smallest absolute Gasteiger partial charge is 0.315 e. The van der Waals surface area contributed by atoms with E-state index in [9.17, 15) is 4.79 Å². The van der Waals surface area contributed by atoms with Crippen molar-refractivity contribution in [2.75, 3.05) is 7.11 Å². The summed E-state index contributed by atoms with van der Waals surface area (Å²) in [6.07, 6.45) is 12.6. The largest absolute Gasteiger partial charge is 0.381 e. The van der Waals surface area contributed by atoms with Crippen LogP contribution in [0.25, 0.3) is 0 Å². The summed E-state index contributed by atoms with van der Waals surface area (Å²) < 4.78 is 5.41. The van der Waals surface area contributed by atoms with E-state index >= 15 is 0 Å². The van der Waals surface area contributed by atoms with Crippen molar-refractivity contribution in [3.05, 3.63) is 0 Å². The van der Waals surface area contributed by atoms with Gasteiger partial charge in [0.05, 0.1) is 6.10 Å². The van der Waals surface area contributed by atoms with Gasteiger partial charge in [-0.05, 0) is 82.0 Å². The standard InChI is InChI=1S/C18H30N2O2/c1-22-16-4-2-15(3-5-16)19-17(21)20-18-9-12-6-13(10-18)8-14(7-12)11-18/h12-16H,2-11H2,1H3,(H2,19,20,21). The van der Waals surface area contributed by atoms with Gasteiger partial charge in [-0.1, -0.05) is 0 Å². The molecule has 0 aromatic heterocycles. The van der Waals surface area contributed by atoms with Gasteiger partial charge in [-0.15, -0.1) is 0 Å². The van der Waals surface area contributed by atoms with Crippen LogP contribution in [0.3, 0.4) is 0 Å². The summed E-state index contributed by atoms with van der Waals surface area (Å²) in [5.74, 6) is 2.64. The molecule has 124 valence electrons. The number of methoxy groups -OCH3 is 1. The molecule has 0 unspecified atom stereocenters. The van der Waals surface area contributed by atoms with E-state index in [1.165, 1.54) is 38.5 Å². The second-order valence-corrected chi connectivity index (χ2v) is 8.51. The third-order valence-corrected chi connectivity index (χ3v) is 6.76. The third-order valence-electron chi connectivity index (χ3n) is 6.76. The normalized spacial score (nSPS) is 46.5. The van der Waals surface area contributed by atoms with E-state index in [1.807, 2.05) is 0 Å². The minimum Gasteiger partial charge on any atom is -0.381 e. The molecule has 0 saturated heterocycles. The summed E-state index contributed by atoms with van der Waals surface area (Å²) in [5.41, 5.74) is 0.128. The Bertz CT molecular complexity index is 394. The molecule has 4 nitrogen and oxygen atoms in total. The highest BCUT2D eigenvalue weighted by molar-refractivity contribution is 5.75. The topological polar surface area (TPSA) is 50.4 Å². The van der Waals surface area contributed by atoms with Gasteiger partial charge in [-0.3, -0.25) is 0 Å². The Hall–Kier alpha value is -0.770. The van der Waals surface area contributed by atoms with E-state index in [0.29, 0.717) is 12.1 Å². The number of rotatable bonds is 3. The van der Waals surface area contributed by atoms with E-state index in [-0.39, 0.29) is 11.6 Å². The maximum absolute atomic E-state index is 12.5. The molecule has 22 heavy (non-hydrogen) atoms. The fraction of sp³-hybridized carbons (Fsp3) is 0.944. The molecule has 0 radical (unpaired) electrons. The van der Waals surface area contributed by atoms with E-state index in [2.05, 4.69) is 10.6 Å². The van der Waals surface area contributed by atoms with Crippen LogP contribution in [-0.4, -0.2) is 30.8 Å². The van der Waals surface area contributed by atoms with Gasteiger partial charge in [-0.2, -0.15) is 0 Å². The summed E-state index contributed by atoms with van der Waals surface area (Å²) in [6.45, 7) is 0. The van der Waals surface area contributed by atoms with Crippen molar-refractivity contribution in [1.82, 2.24) is 10.6 Å². The van der Waals surface area contributed by atoms with Gasteiger partial charge in [0.15, 0.2) is 0 Å². The number of ether oxygens (including phenoxy) is 1. The molecule has 4 bridgehead atoms. The monoisotopic (exact) mass is 306 g/mol. The van der Waals surface area contributed by atoms with Crippen LogP contribution in [0, 0.1) is 17.8 Å². The zero-order valence-electron chi connectivity index (χ0n) is 13.8. The lowest BCUT2D eigenvalue weighted by molar-refractivity contribution is -0.0138. The van der Waals surface area contributed by atoms with E-state index < -0.39 is 0 Å². The van der Waals surface area contributed by atoms with Gasteiger partial charge in [0.1, 0.15) is 0 Å². The molecule has 0 spiro atoms. The minimum atomic E-state index is 0.0859. The van der Waals surface area contributed by atoms with Gasteiger partial charge in [0.25, 0.3) is 0 Å². The Morgan fingerprint density at radius 3 is 2.00 bits per heavy atom. The maximum Gasteiger partial charge on any atom is 0.315 e. The minimum absolute atomic E-state index is 0.0859. The average Bonchev–Trinajstić information content (AvgIpc) is 2.45. The van der Waals surface area contributed by atoms with Gasteiger partial charge >= 0.3 is 6.03 Å².